The van der Waals surface area contributed by atoms with Gasteiger partial charge in [0.2, 0.25) is 17.5 Å². The first kappa shape index (κ1) is 51.5. The first-order valence-electron chi connectivity index (χ1n) is 20.9. The number of nitrogens with two attached hydrogens (primary N) is 1. The molecule has 370 valence electrons. The van der Waals surface area contributed by atoms with Gasteiger partial charge in [-0.15, -0.1) is 4.63 Å². The Morgan fingerprint density at radius 3 is 1.61 bits per heavy atom. The minimum absolute atomic E-state index is 0.0265. The van der Waals surface area contributed by atoms with Crippen molar-refractivity contribution in [1.82, 2.24) is 49.9 Å². The molecule has 0 saturated carbocycles. The number of rotatable bonds is 7. The Labute approximate surface area is 405 Å². The number of aromatic nitrogens is 8. The van der Waals surface area contributed by atoms with Crippen LogP contribution in [-0.4, -0.2) is 116 Å². The number of anilines is 1. The zero-order valence-electron chi connectivity index (χ0n) is 37.7. The highest BCUT2D eigenvalue weighted by Crippen LogP contribution is 2.29. The summed E-state index contributed by atoms with van der Waals surface area (Å²) in [5.41, 5.74) is 5.04. The minimum Gasteiger partial charge on any atom is -0.444 e. The topological polar surface area (TPSA) is 314 Å². The summed E-state index contributed by atoms with van der Waals surface area (Å²) in [5, 5.41) is 35.6. The molecule has 0 radical (unpaired) electrons. The summed E-state index contributed by atoms with van der Waals surface area (Å²) < 4.78 is 58.4. The largest absolute Gasteiger partial charge is 0.446 e. The van der Waals surface area contributed by atoms with Crippen molar-refractivity contribution in [3.8, 4) is 34.4 Å². The lowest BCUT2D eigenvalue weighted by atomic mass is 10.1. The van der Waals surface area contributed by atoms with E-state index in [1.165, 1.54) is 30.3 Å². The number of piperidine rings is 2. The van der Waals surface area contributed by atoms with Gasteiger partial charge >= 0.3 is 29.5 Å². The second-order valence-electron chi connectivity index (χ2n) is 17.3. The van der Waals surface area contributed by atoms with Crippen LogP contribution in [0.25, 0.3) is 34.4 Å². The van der Waals surface area contributed by atoms with E-state index in [9.17, 15) is 38.1 Å². The maximum atomic E-state index is 13.6. The highest BCUT2D eigenvalue weighted by atomic mass is 79.9. The maximum Gasteiger partial charge on any atom is 0.446 e. The molecule has 2 aliphatic rings. The minimum atomic E-state index is -0.939. The van der Waals surface area contributed by atoms with Crippen molar-refractivity contribution in [2.45, 2.75) is 90.5 Å². The van der Waals surface area contributed by atoms with Crippen LogP contribution in [0.5, 0.6) is 0 Å². The van der Waals surface area contributed by atoms with Crippen LogP contribution in [-0.2, 0) is 9.47 Å². The van der Waals surface area contributed by atoms with Gasteiger partial charge in [-0.25, -0.2) is 41.7 Å². The molecule has 69 heavy (non-hydrogen) atoms. The number of benzene rings is 2. The number of likely N-dealkylation sites (tertiary alicyclic amines) is 2. The van der Waals surface area contributed by atoms with E-state index in [1.807, 2.05) is 41.5 Å². The van der Waals surface area contributed by atoms with Gasteiger partial charge in [0.25, 0.3) is 5.69 Å². The fourth-order valence-electron chi connectivity index (χ4n) is 6.51. The zero-order chi connectivity index (χ0) is 50.4. The van der Waals surface area contributed by atoms with Gasteiger partial charge in [0.05, 0.1) is 20.3 Å². The summed E-state index contributed by atoms with van der Waals surface area (Å²) in [5.74, 6) is -3.45. The lowest BCUT2D eigenvalue weighted by molar-refractivity contribution is -0.390. The molecule has 2 aliphatic heterocycles. The molecule has 0 atom stereocenters. The van der Waals surface area contributed by atoms with Crippen LogP contribution in [0.3, 0.4) is 0 Å². The summed E-state index contributed by atoms with van der Waals surface area (Å²) in [6.07, 6.45) is 2.47. The number of ether oxygens (including phenoxy) is 2. The predicted octanol–water partition coefficient (Wildman–Crippen LogP) is 6.62. The van der Waals surface area contributed by atoms with Crippen molar-refractivity contribution >= 4 is 55.7 Å². The Balaban J connectivity index is 0.000000187. The smallest absolute Gasteiger partial charge is 0.444 e. The second-order valence-corrected chi connectivity index (χ2v) is 19.0. The van der Waals surface area contributed by atoms with E-state index in [4.69, 9.17) is 24.4 Å². The van der Waals surface area contributed by atoms with E-state index in [0.717, 1.165) is 41.1 Å². The number of carbonyl (C=O) groups is 2. The highest BCUT2D eigenvalue weighted by molar-refractivity contribution is 9.10. The molecule has 2 aromatic carbocycles. The molecular formula is C40H45Br2F2N13O12. The summed E-state index contributed by atoms with van der Waals surface area (Å²) in [6.45, 7) is 13.6. The van der Waals surface area contributed by atoms with E-state index in [1.54, 1.807) is 9.80 Å². The predicted molar refractivity (Wildman–Crippen MR) is 242 cm³/mol. The first-order chi connectivity index (χ1) is 32.5. The fraction of sp³-hybridized carbons (Fsp3) is 0.450. The van der Waals surface area contributed by atoms with Gasteiger partial charge in [0.1, 0.15) is 22.8 Å². The molecule has 0 spiro atoms. The van der Waals surface area contributed by atoms with E-state index in [2.05, 4.69) is 77.3 Å². The second kappa shape index (κ2) is 21.6. The standard InChI is InChI=1S/C20H22BrFN6O5.C10H3BrFN5O5.C10H20N2O2/c1-20(2,3)31-18(29)27-8-6-11(7-9-27)23-16-15(24-33-25-16)17-26-32-19(30)28(17)12-4-5-14(22)13(21)10-12;11-5-3-4(1-2-6(5)12)16-8(14-21-10(16)18)7-9(17(19)20)15-22-13-7;1-10(2,3)14-9(13)12-6-4-8(11)5-7-12/h4-5,10-11H,6-9H2,1-3H3,(H,23,25);1-3H;8H,4-7,11H2,1-3H3. The molecule has 29 heteroatoms. The molecule has 0 aliphatic carbocycles. The Hall–Kier alpha value is -6.88. The number of hydrogen-bond donors (Lipinski definition) is 2. The third kappa shape index (κ3) is 13.2. The monoisotopic (exact) mass is 1100 g/mol. The molecular weight excluding hydrogens is 1050 g/mol. The van der Waals surface area contributed by atoms with Gasteiger partial charge < -0.3 is 40.4 Å². The van der Waals surface area contributed by atoms with Crippen molar-refractivity contribution in [3.05, 3.63) is 88.2 Å². The van der Waals surface area contributed by atoms with Crippen LogP contribution in [0.15, 0.2) is 73.2 Å². The van der Waals surface area contributed by atoms with Crippen LogP contribution in [0, 0.1) is 21.7 Å². The Kier molecular flexibility index (Phi) is 16.1. The van der Waals surface area contributed by atoms with Gasteiger partial charge in [0.15, 0.2) is 10.9 Å². The molecule has 4 aromatic heterocycles. The Morgan fingerprint density at radius 1 is 0.725 bits per heavy atom. The molecule has 6 aromatic rings. The van der Waals surface area contributed by atoms with Gasteiger partial charge in [-0.05, 0) is 156 Å². The maximum absolute atomic E-state index is 13.6. The Bertz CT molecular complexity index is 2890. The normalized spacial score (nSPS) is 14.6. The molecule has 2 fully saturated rings. The average Bonchev–Trinajstić information content (AvgIpc) is 4.10. The van der Waals surface area contributed by atoms with E-state index in [0.29, 0.717) is 31.6 Å². The number of nitrogens with one attached hydrogen (secondary N) is 1. The van der Waals surface area contributed by atoms with Crippen LogP contribution in [0.1, 0.15) is 67.2 Å². The van der Waals surface area contributed by atoms with Crippen LogP contribution in [0.2, 0.25) is 0 Å². The van der Waals surface area contributed by atoms with E-state index in [-0.39, 0.29) is 62.1 Å². The lowest BCUT2D eigenvalue weighted by Crippen LogP contribution is -2.44. The molecule has 2 saturated heterocycles. The third-order valence-electron chi connectivity index (χ3n) is 9.77. The first-order valence-corrected chi connectivity index (χ1v) is 22.4. The van der Waals surface area contributed by atoms with Crippen molar-refractivity contribution in [2.24, 2.45) is 5.73 Å². The summed E-state index contributed by atoms with van der Waals surface area (Å²) >= 11 is 6.07. The number of carbonyl (C=O) groups excluding carboxylic acids is 2. The zero-order valence-corrected chi connectivity index (χ0v) is 40.9. The molecule has 8 rings (SSSR count). The molecule has 0 unspecified atom stereocenters. The number of halogens is 4. The number of hydrogen-bond acceptors (Lipinski definition) is 20. The molecule has 25 nitrogen and oxygen atoms in total. The number of amides is 2. The van der Waals surface area contributed by atoms with Crippen LogP contribution < -0.4 is 22.6 Å². The number of nitro groups is 1. The summed E-state index contributed by atoms with van der Waals surface area (Å²) in [7, 11) is 0. The number of nitrogens with zero attached hydrogens (tertiary/aromatic N) is 11. The van der Waals surface area contributed by atoms with Crippen molar-refractivity contribution in [1.29, 1.82) is 0 Å². The molecule has 6 heterocycles. The van der Waals surface area contributed by atoms with Gasteiger partial charge in [-0.3, -0.25) is 9.05 Å². The molecule has 0 bridgehead atoms. The fourth-order valence-corrected chi connectivity index (χ4v) is 7.25. The molecule has 3 N–H and O–H groups in total. The quantitative estimate of drug-likeness (QED) is 0.125. The highest BCUT2D eigenvalue weighted by Gasteiger charge is 2.32. The Morgan fingerprint density at radius 2 is 1.16 bits per heavy atom. The van der Waals surface area contributed by atoms with Crippen LogP contribution >= 0.6 is 31.9 Å². The van der Waals surface area contributed by atoms with Gasteiger partial charge in [-0.2, -0.15) is 0 Å². The van der Waals surface area contributed by atoms with E-state index < -0.39 is 50.8 Å². The van der Waals surface area contributed by atoms with E-state index >= 15 is 0 Å². The lowest BCUT2D eigenvalue weighted by Gasteiger charge is -2.33. The van der Waals surface area contributed by atoms with Crippen molar-refractivity contribution < 1.29 is 51.1 Å². The average molecular weight is 1100 g/mol. The SMILES string of the molecule is CC(C)(C)OC(=O)N1CCC(N)CC1.CC(C)(C)OC(=O)N1CCC(Nc2nonc2-c2noc(=O)n2-c2ccc(F)c(Br)c2)CC1.O=c1onc(-c2nonc2[N+](=O)[O-])n1-c1ccc(F)c(Br)c1. The van der Waals surface area contributed by atoms with Gasteiger partial charge in [0, 0.05) is 38.3 Å². The van der Waals surface area contributed by atoms with Gasteiger partial charge in [-0.1, -0.05) is 10.3 Å². The third-order valence-corrected chi connectivity index (χ3v) is 11.0. The summed E-state index contributed by atoms with van der Waals surface area (Å²) in [4.78, 5) is 61.3. The van der Waals surface area contributed by atoms with Crippen molar-refractivity contribution in [3.63, 3.8) is 0 Å². The van der Waals surface area contributed by atoms with Crippen molar-refractivity contribution in [2.75, 3.05) is 31.5 Å². The van der Waals surface area contributed by atoms with Crippen LogP contribution in [0.4, 0.5) is 30.0 Å². The summed E-state index contributed by atoms with van der Waals surface area (Å²) in [6, 6.07) is 7.90. The molecule has 2 amide bonds.